The minimum absolute atomic E-state index is 0.110. The summed E-state index contributed by atoms with van der Waals surface area (Å²) in [5.74, 6) is -1.04. The van der Waals surface area contributed by atoms with Crippen molar-refractivity contribution in [1.82, 2.24) is 0 Å². The summed E-state index contributed by atoms with van der Waals surface area (Å²) in [6, 6.07) is 20.0. The molecule has 6 heteroatoms. The zero-order valence-corrected chi connectivity index (χ0v) is 16.6. The highest BCUT2D eigenvalue weighted by Crippen LogP contribution is 2.22. The van der Waals surface area contributed by atoms with Crippen molar-refractivity contribution in [1.29, 1.82) is 0 Å². The number of amides is 1. The number of carbonyl (C=O) groups excluding carboxylic acids is 3. The second kappa shape index (κ2) is 9.05. The van der Waals surface area contributed by atoms with E-state index in [0.717, 1.165) is 11.1 Å². The predicted molar refractivity (Wildman–Crippen MR) is 113 cm³/mol. The zero-order valence-electron chi connectivity index (χ0n) is 16.6. The highest BCUT2D eigenvalue weighted by Gasteiger charge is 2.19. The molecule has 0 saturated heterocycles. The van der Waals surface area contributed by atoms with Gasteiger partial charge in [-0.15, -0.1) is 0 Å². The van der Waals surface area contributed by atoms with E-state index in [0.29, 0.717) is 16.8 Å². The molecule has 0 aliphatic carbocycles. The number of anilines is 1. The van der Waals surface area contributed by atoms with Crippen molar-refractivity contribution in [2.45, 2.75) is 20.0 Å². The third-order valence-electron chi connectivity index (χ3n) is 4.51. The Labute approximate surface area is 174 Å². The number of aromatic hydroxyl groups is 1. The lowest BCUT2D eigenvalue weighted by Crippen LogP contribution is -2.30. The average Bonchev–Trinajstić information content (AvgIpc) is 2.74. The molecule has 0 radical (unpaired) electrons. The van der Waals surface area contributed by atoms with E-state index in [-0.39, 0.29) is 11.5 Å². The number of phenols is 1. The lowest BCUT2D eigenvalue weighted by atomic mass is 10.0. The quantitative estimate of drug-likeness (QED) is 0.469. The molecular weight excluding hydrogens is 382 g/mol. The summed E-state index contributed by atoms with van der Waals surface area (Å²) >= 11 is 0. The molecule has 0 bridgehead atoms. The number of benzene rings is 3. The molecule has 1 amide bonds. The zero-order chi connectivity index (χ0) is 21.7. The van der Waals surface area contributed by atoms with E-state index >= 15 is 0 Å². The number of ketones is 1. The fourth-order valence-corrected chi connectivity index (χ4v) is 2.79. The third kappa shape index (κ3) is 5.11. The molecule has 3 rings (SSSR count). The van der Waals surface area contributed by atoms with Crippen LogP contribution in [-0.4, -0.2) is 28.9 Å². The van der Waals surface area contributed by atoms with Gasteiger partial charge in [-0.1, -0.05) is 36.4 Å². The summed E-state index contributed by atoms with van der Waals surface area (Å²) in [5.41, 5.74) is 3.02. The molecule has 1 unspecified atom stereocenters. The first-order valence-electron chi connectivity index (χ1n) is 9.36. The molecule has 0 aliphatic rings. The van der Waals surface area contributed by atoms with E-state index in [9.17, 15) is 19.5 Å². The lowest BCUT2D eigenvalue weighted by molar-refractivity contribution is -0.123. The van der Waals surface area contributed by atoms with Crippen LogP contribution >= 0.6 is 0 Å². The van der Waals surface area contributed by atoms with Crippen LogP contribution in [0.4, 0.5) is 5.69 Å². The first-order valence-corrected chi connectivity index (χ1v) is 9.36. The summed E-state index contributed by atoms with van der Waals surface area (Å²) in [6.45, 7) is 2.92. The third-order valence-corrected chi connectivity index (χ3v) is 4.51. The van der Waals surface area contributed by atoms with Crippen LogP contribution in [0.15, 0.2) is 72.8 Å². The molecule has 3 aromatic rings. The van der Waals surface area contributed by atoms with Gasteiger partial charge >= 0.3 is 5.97 Å². The van der Waals surface area contributed by atoms with E-state index in [1.54, 1.807) is 72.8 Å². The smallest absolute Gasteiger partial charge is 0.338 e. The second-order valence-electron chi connectivity index (χ2n) is 6.80. The van der Waals surface area contributed by atoms with Gasteiger partial charge in [0, 0.05) is 11.3 Å². The van der Waals surface area contributed by atoms with E-state index in [1.165, 1.54) is 13.8 Å². The van der Waals surface area contributed by atoms with Crippen LogP contribution in [0.5, 0.6) is 5.75 Å². The summed E-state index contributed by atoms with van der Waals surface area (Å²) in [6.07, 6.45) is -1.02. The molecule has 30 heavy (non-hydrogen) atoms. The van der Waals surface area contributed by atoms with Crippen LogP contribution in [0, 0.1) is 0 Å². The van der Waals surface area contributed by atoms with Gasteiger partial charge in [0.2, 0.25) is 0 Å². The number of hydrogen-bond acceptors (Lipinski definition) is 5. The summed E-state index contributed by atoms with van der Waals surface area (Å²) in [5, 5.41) is 12.0. The van der Waals surface area contributed by atoms with Crippen LogP contribution in [-0.2, 0) is 9.53 Å². The molecule has 3 aromatic carbocycles. The van der Waals surface area contributed by atoms with E-state index in [1.807, 2.05) is 0 Å². The molecule has 0 aromatic heterocycles. The maximum atomic E-state index is 12.4. The minimum atomic E-state index is -1.02. The van der Waals surface area contributed by atoms with Crippen molar-refractivity contribution in [3.63, 3.8) is 0 Å². The summed E-state index contributed by atoms with van der Waals surface area (Å²) < 4.78 is 5.26. The Hall–Kier alpha value is -3.93. The molecule has 0 spiro atoms. The number of Topliss-reactive ketones (excluding diaryl/α,β-unsaturated/α-hetero) is 1. The Morgan fingerprint density at radius 1 is 0.867 bits per heavy atom. The van der Waals surface area contributed by atoms with Crippen LogP contribution in [0.25, 0.3) is 11.1 Å². The topological polar surface area (TPSA) is 92.7 Å². The number of rotatable bonds is 6. The maximum Gasteiger partial charge on any atom is 0.338 e. The molecule has 152 valence electrons. The maximum absolute atomic E-state index is 12.4. The van der Waals surface area contributed by atoms with Gasteiger partial charge in [0.1, 0.15) is 5.75 Å². The molecule has 0 fully saturated rings. The lowest BCUT2D eigenvalue weighted by Gasteiger charge is -2.14. The Bertz CT molecular complexity index is 1070. The summed E-state index contributed by atoms with van der Waals surface area (Å²) in [4.78, 5) is 36.2. The van der Waals surface area contributed by atoms with Crippen molar-refractivity contribution in [2.24, 2.45) is 0 Å². The molecule has 1 atom stereocenters. The van der Waals surface area contributed by atoms with Crippen molar-refractivity contribution in [3.8, 4) is 16.9 Å². The van der Waals surface area contributed by atoms with Crippen LogP contribution in [0.1, 0.15) is 34.6 Å². The van der Waals surface area contributed by atoms with Crippen molar-refractivity contribution >= 4 is 23.3 Å². The fourth-order valence-electron chi connectivity index (χ4n) is 2.79. The van der Waals surface area contributed by atoms with E-state index in [2.05, 4.69) is 5.32 Å². The number of carbonyl (C=O) groups is 3. The SMILES string of the molecule is CC(=O)c1cccc(NC(=O)C(C)OC(=O)c2ccc(-c3ccc(O)cc3)cc2)c1. The number of phenolic OH excluding ortho intramolecular Hbond substituents is 1. The number of nitrogens with one attached hydrogen (secondary N) is 1. The van der Waals surface area contributed by atoms with Crippen LogP contribution < -0.4 is 5.32 Å². The molecule has 2 N–H and O–H groups in total. The number of hydrogen-bond donors (Lipinski definition) is 2. The van der Waals surface area contributed by atoms with Gasteiger partial charge in [0.15, 0.2) is 11.9 Å². The second-order valence-corrected chi connectivity index (χ2v) is 6.80. The van der Waals surface area contributed by atoms with Crippen molar-refractivity contribution in [2.75, 3.05) is 5.32 Å². The van der Waals surface area contributed by atoms with Gasteiger partial charge in [0.25, 0.3) is 5.91 Å². The summed E-state index contributed by atoms with van der Waals surface area (Å²) in [7, 11) is 0. The van der Waals surface area contributed by atoms with Gasteiger partial charge < -0.3 is 15.2 Å². The molecule has 0 heterocycles. The van der Waals surface area contributed by atoms with Gasteiger partial charge in [-0.2, -0.15) is 0 Å². The molecular formula is C24H21NO5. The monoisotopic (exact) mass is 403 g/mol. The predicted octanol–water partition coefficient (Wildman–Crippen LogP) is 4.45. The van der Waals surface area contributed by atoms with Gasteiger partial charge in [-0.3, -0.25) is 9.59 Å². The molecule has 0 saturated carbocycles. The van der Waals surface area contributed by atoms with Crippen LogP contribution in [0.3, 0.4) is 0 Å². The van der Waals surface area contributed by atoms with E-state index in [4.69, 9.17) is 4.74 Å². The highest BCUT2D eigenvalue weighted by molar-refractivity contribution is 5.99. The van der Waals surface area contributed by atoms with Crippen molar-refractivity contribution in [3.05, 3.63) is 83.9 Å². The normalized spacial score (nSPS) is 11.4. The Balaban J connectivity index is 1.62. The fraction of sp³-hybridized carbons (Fsp3) is 0.125. The standard InChI is InChI=1S/C24H21NO5/c1-15(26)20-4-3-5-21(14-20)25-23(28)16(2)30-24(29)19-8-6-17(7-9-19)18-10-12-22(27)13-11-18/h3-14,16,27H,1-2H3,(H,25,28). The number of esters is 1. The number of ether oxygens (including phenoxy) is 1. The highest BCUT2D eigenvalue weighted by atomic mass is 16.5. The minimum Gasteiger partial charge on any atom is -0.508 e. The largest absolute Gasteiger partial charge is 0.508 e. The Kier molecular flexibility index (Phi) is 6.27. The molecule has 0 aliphatic heterocycles. The molecule has 6 nitrogen and oxygen atoms in total. The van der Waals surface area contributed by atoms with Gasteiger partial charge in [0.05, 0.1) is 5.56 Å². The van der Waals surface area contributed by atoms with Crippen LogP contribution in [0.2, 0.25) is 0 Å². The van der Waals surface area contributed by atoms with E-state index < -0.39 is 18.0 Å². The van der Waals surface area contributed by atoms with Gasteiger partial charge in [-0.05, 0) is 61.4 Å². The average molecular weight is 403 g/mol. The first-order chi connectivity index (χ1) is 14.3. The van der Waals surface area contributed by atoms with Crippen molar-refractivity contribution < 1.29 is 24.2 Å². The first kappa shape index (κ1) is 20.8. The Morgan fingerprint density at radius 3 is 2.07 bits per heavy atom. The Morgan fingerprint density at radius 2 is 1.47 bits per heavy atom. The van der Waals surface area contributed by atoms with Gasteiger partial charge in [-0.25, -0.2) is 4.79 Å².